The van der Waals surface area contributed by atoms with Gasteiger partial charge in [0.25, 0.3) is 0 Å². The van der Waals surface area contributed by atoms with E-state index < -0.39 is 10.8 Å². The minimum Gasteiger partial charge on any atom is -0.376 e. The van der Waals surface area contributed by atoms with Crippen LogP contribution in [0.5, 0.6) is 0 Å². The van der Waals surface area contributed by atoms with Crippen molar-refractivity contribution in [1.82, 2.24) is 0 Å². The van der Waals surface area contributed by atoms with Gasteiger partial charge in [0, 0.05) is 28.3 Å². The summed E-state index contributed by atoms with van der Waals surface area (Å²) in [4.78, 5) is 5.44. The summed E-state index contributed by atoms with van der Waals surface area (Å²) in [5.41, 5.74) is 30.4. The molecule has 16 rings (SSSR count). The third-order valence-corrected chi connectivity index (χ3v) is 16.4. The van der Waals surface area contributed by atoms with Crippen molar-refractivity contribution in [2.45, 2.75) is 17.8 Å². The topological polar surface area (TPSA) is 6.48 Å². The molecule has 3 heteroatoms. The Kier molecular flexibility index (Phi) is 6.49. The standard InChI is InChI=1S/C63H39BN2/c1-38-18-2-3-19-40(38)39-36-46-45-24-16-31-53-60(45)66(57-35-15-13-30-52(57)63(53)49-27-10-6-22-43(49)44-23-7-11-28-50(44)63)64-55-33-17-32-54-61(55)65(58(37-39)59(46)64)56-34-14-12-29-51(56)62(54)47-25-8-4-20-41(47)42-21-5-9-26-48(42)62/h2-37H,1H3. The maximum atomic E-state index is 2.77. The molecule has 0 bridgehead atoms. The van der Waals surface area contributed by atoms with Crippen LogP contribution in [0.4, 0.5) is 28.4 Å². The lowest BCUT2D eigenvalue weighted by Gasteiger charge is -2.54. The largest absolute Gasteiger partial charge is 0.376 e. The predicted molar refractivity (Wildman–Crippen MR) is 272 cm³/mol. The Balaban J connectivity index is 1.09. The quantitative estimate of drug-likeness (QED) is 0.152. The molecule has 6 aliphatic rings. The van der Waals surface area contributed by atoms with E-state index in [-0.39, 0.29) is 6.85 Å². The Bertz CT molecular complexity index is 3750. The highest BCUT2D eigenvalue weighted by Crippen LogP contribution is 2.67. The third kappa shape index (κ3) is 3.85. The molecular weight excluding hydrogens is 796 g/mol. The van der Waals surface area contributed by atoms with Gasteiger partial charge in [0.2, 0.25) is 0 Å². The van der Waals surface area contributed by atoms with E-state index in [0.717, 1.165) is 0 Å². The first-order valence-electron chi connectivity index (χ1n) is 23.4. The van der Waals surface area contributed by atoms with Crippen LogP contribution in [0.3, 0.4) is 0 Å². The lowest BCUT2D eigenvalue weighted by Crippen LogP contribution is -2.64. The Morgan fingerprint density at radius 1 is 0.333 bits per heavy atom. The molecule has 304 valence electrons. The zero-order chi connectivity index (χ0) is 43.0. The summed E-state index contributed by atoms with van der Waals surface area (Å²) in [6.07, 6.45) is 0. The fourth-order valence-electron chi connectivity index (χ4n) is 14.1. The molecule has 10 aromatic rings. The molecule has 0 fully saturated rings. The van der Waals surface area contributed by atoms with E-state index in [1.807, 2.05) is 0 Å². The molecule has 0 saturated carbocycles. The van der Waals surface area contributed by atoms with Crippen molar-refractivity contribution in [2.24, 2.45) is 0 Å². The van der Waals surface area contributed by atoms with Crippen LogP contribution in [0.2, 0.25) is 0 Å². The van der Waals surface area contributed by atoms with Crippen LogP contribution in [0.15, 0.2) is 218 Å². The molecule has 66 heavy (non-hydrogen) atoms. The Morgan fingerprint density at radius 3 is 1.36 bits per heavy atom. The van der Waals surface area contributed by atoms with Crippen molar-refractivity contribution in [2.75, 3.05) is 9.71 Å². The Hall–Kier alpha value is -8.14. The molecule has 0 amide bonds. The number of para-hydroxylation sites is 4. The van der Waals surface area contributed by atoms with Crippen LogP contribution in [-0.2, 0) is 10.8 Å². The van der Waals surface area contributed by atoms with Crippen molar-refractivity contribution in [3.05, 3.63) is 268 Å². The molecule has 0 radical (unpaired) electrons. The number of hydrogen-bond acceptors (Lipinski definition) is 2. The average Bonchev–Trinajstić information content (AvgIpc) is 3.84. The van der Waals surface area contributed by atoms with E-state index in [2.05, 4.69) is 235 Å². The van der Waals surface area contributed by atoms with Gasteiger partial charge in [-0.3, -0.25) is 0 Å². The first-order valence-corrected chi connectivity index (χ1v) is 23.4. The molecule has 2 nitrogen and oxygen atoms in total. The van der Waals surface area contributed by atoms with Gasteiger partial charge in [-0.15, -0.1) is 0 Å². The molecule has 0 atom stereocenters. The summed E-state index contributed by atoms with van der Waals surface area (Å²) in [5.74, 6) is 0. The van der Waals surface area contributed by atoms with Crippen LogP contribution < -0.4 is 20.6 Å². The molecular formula is C63H39BN2. The van der Waals surface area contributed by atoms with Gasteiger partial charge in [-0.05, 0) is 131 Å². The molecule has 0 N–H and O–H groups in total. The smallest absolute Gasteiger partial charge is 0.333 e. The lowest BCUT2D eigenvalue weighted by molar-refractivity contribution is 0.752. The first kappa shape index (κ1) is 35.2. The number of fused-ring (bicyclic) bond motifs is 22. The van der Waals surface area contributed by atoms with E-state index in [0.29, 0.717) is 0 Å². The van der Waals surface area contributed by atoms with Crippen LogP contribution in [0.25, 0.3) is 44.5 Å². The highest BCUT2D eigenvalue weighted by molar-refractivity contribution is 6.94. The van der Waals surface area contributed by atoms with Gasteiger partial charge in [-0.2, -0.15) is 0 Å². The summed E-state index contributed by atoms with van der Waals surface area (Å²) in [5, 5.41) is 0. The molecule has 4 heterocycles. The van der Waals surface area contributed by atoms with Gasteiger partial charge in [-0.1, -0.05) is 194 Å². The number of aryl methyl sites for hydroxylation is 1. The highest BCUT2D eigenvalue weighted by atomic mass is 15.2. The minimum absolute atomic E-state index is 0.111. The average molecular weight is 835 g/mol. The normalized spacial score (nSPS) is 15.5. The highest BCUT2D eigenvalue weighted by Gasteiger charge is 2.59. The van der Waals surface area contributed by atoms with Gasteiger partial charge in [0.15, 0.2) is 0 Å². The summed E-state index contributed by atoms with van der Waals surface area (Å²) in [6, 6.07) is 83.8. The number of rotatable bonds is 1. The molecule has 0 saturated heterocycles. The monoisotopic (exact) mass is 834 g/mol. The van der Waals surface area contributed by atoms with Gasteiger partial charge < -0.3 is 9.71 Å². The molecule has 2 aliphatic carbocycles. The van der Waals surface area contributed by atoms with E-state index in [9.17, 15) is 0 Å². The number of benzene rings is 10. The fourth-order valence-corrected chi connectivity index (χ4v) is 14.1. The van der Waals surface area contributed by atoms with Crippen molar-refractivity contribution >= 4 is 46.2 Å². The number of hydrogen-bond donors (Lipinski definition) is 0. The Labute approximate surface area is 384 Å². The second-order valence-corrected chi connectivity index (χ2v) is 19.0. The molecule has 10 aromatic carbocycles. The van der Waals surface area contributed by atoms with Gasteiger partial charge in [0.05, 0.1) is 16.5 Å². The minimum atomic E-state index is -0.515. The Morgan fingerprint density at radius 2 is 0.773 bits per heavy atom. The number of nitrogens with zero attached hydrogens (tertiary/aromatic N) is 2. The van der Waals surface area contributed by atoms with Crippen molar-refractivity contribution in [1.29, 1.82) is 0 Å². The van der Waals surface area contributed by atoms with Crippen molar-refractivity contribution in [3.8, 4) is 44.5 Å². The molecule has 4 aliphatic heterocycles. The van der Waals surface area contributed by atoms with Crippen molar-refractivity contribution < 1.29 is 0 Å². The number of anilines is 5. The van der Waals surface area contributed by atoms with Gasteiger partial charge >= 0.3 is 6.85 Å². The molecule has 2 spiro atoms. The summed E-state index contributed by atoms with van der Waals surface area (Å²) < 4.78 is 0. The van der Waals surface area contributed by atoms with Crippen LogP contribution in [0.1, 0.15) is 50.1 Å². The second kappa shape index (κ2) is 12.1. The lowest BCUT2D eigenvalue weighted by atomic mass is 9.41. The van der Waals surface area contributed by atoms with Crippen LogP contribution in [0, 0.1) is 6.92 Å². The van der Waals surface area contributed by atoms with Crippen LogP contribution >= 0.6 is 0 Å². The maximum Gasteiger partial charge on any atom is 0.333 e. The molecule has 0 unspecified atom stereocenters. The first-order chi connectivity index (χ1) is 32.7. The van der Waals surface area contributed by atoms with Crippen LogP contribution in [-0.4, -0.2) is 6.85 Å². The van der Waals surface area contributed by atoms with E-state index in [1.54, 1.807) is 0 Å². The second-order valence-electron chi connectivity index (χ2n) is 19.0. The molecule has 0 aromatic heterocycles. The van der Waals surface area contributed by atoms with E-state index >= 15 is 0 Å². The fraction of sp³-hybridized carbons (Fsp3) is 0.0476. The third-order valence-electron chi connectivity index (χ3n) is 16.4. The zero-order valence-corrected chi connectivity index (χ0v) is 36.3. The van der Waals surface area contributed by atoms with Crippen molar-refractivity contribution in [3.63, 3.8) is 0 Å². The summed E-state index contributed by atoms with van der Waals surface area (Å²) in [6.45, 7) is 2.15. The van der Waals surface area contributed by atoms with Gasteiger partial charge in [0.1, 0.15) is 0 Å². The SMILES string of the molecule is Cc1ccccc1-c1cc2c3c(c1)N1c4ccccc4C4(c5ccccc5-c5ccccc54)c4cccc(c41)B3N1c3ccccc3C3(c4ccccc4-c4ccccc43)c3cccc-2c31. The summed E-state index contributed by atoms with van der Waals surface area (Å²) in [7, 11) is 0. The predicted octanol–water partition coefficient (Wildman–Crippen LogP) is 13.7. The van der Waals surface area contributed by atoms with E-state index in [1.165, 1.54) is 134 Å². The zero-order valence-electron chi connectivity index (χ0n) is 36.3. The van der Waals surface area contributed by atoms with E-state index in [4.69, 9.17) is 0 Å². The maximum absolute atomic E-state index is 2.77. The summed E-state index contributed by atoms with van der Waals surface area (Å²) >= 11 is 0. The van der Waals surface area contributed by atoms with Gasteiger partial charge in [-0.25, -0.2) is 0 Å².